The highest BCUT2D eigenvalue weighted by molar-refractivity contribution is 5.93. The number of nitrogens with one attached hydrogen (secondary N) is 1. The van der Waals surface area contributed by atoms with Gasteiger partial charge in [-0.3, -0.25) is 4.79 Å². The van der Waals surface area contributed by atoms with Gasteiger partial charge in [-0.15, -0.1) is 0 Å². The lowest BCUT2D eigenvalue weighted by Crippen LogP contribution is -2.43. The second-order valence-electron chi connectivity index (χ2n) is 7.79. The molecule has 1 spiro atoms. The van der Waals surface area contributed by atoms with Crippen molar-refractivity contribution in [1.82, 2.24) is 9.88 Å². The van der Waals surface area contributed by atoms with E-state index in [2.05, 4.69) is 16.0 Å². The molecule has 2 aliphatic carbocycles. The molecule has 4 nitrogen and oxygen atoms in total. The van der Waals surface area contributed by atoms with Crippen molar-refractivity contribution in [3.05, 3.63) is 53.9 Å². The maximum absolute atomic E-state index is 13.0. The number of ether oxygens (including phenoxy) is 1. The quantitative estimate of drug-likeness (QED) is 0.903. The van der Waals surface area contributed by atoms with Gasteiger partial charge < -0.3 is 14.6 Å². The summed E-state index contributed by atoms with van der Waals surface area (Å²) >= 11 is 0. The van der Waals surface area contributed by atoms with Crippen LogP contribution in [0.25, 0.3) is 0 Å². The number of hydrogen-bond donors (Lipinski definition) is 1. The molecule has 1 unspecified atom stereocenters. The zero-order valence-corrected chi connectivity index (χ0v) is 14.4. The van der Waals surface area contributed by atoms with Gasteiger partial charge in [-0.25, -0.2) is 0 Å². The molecule has 1 N–H and O–H groups in total. The summed E-state index contributed by atoms with van der Waals surface area (Å²) in [6.45, 7) is 0. The summed E-state index contributed by atoms with van der Waals surface area (Å²) in [5.74, 6) is 0.977. The molecule has 25 heavy (non-hydrogen) atoms. The Kier molecular flexibility index (Phi) is 3.40. The number of amides is 1. The first kappa shape index (κ1) is 15.1. The molecule has 1 aromatic carbocycles. The summed E-state index contributed by atoms with van der Waals surface area (Å²) in [7, 11) is 0. The van der Waals surface area contributed by atoms with Gasteiger partial charge in [-0.2, -0.15) is 0 Å². The third kappa shape index (κ3) is 2.64. The predicted molar refractivity (Wildman–Crippen MR) is 95.8 cm³/mol. The Morgan fingerprint density at radius 2 is 1.92 bits per heavy atom. The van der Waals surface area contributed by atoms with Crippen LogP contribution in [0, 0.1) is 0 Å². The van der Waals surface area contributed by atoms with Crippen molar-refractivity contribution < 1.29 is 9.53 Å². The first-order valence-electron chi connectivity index (χ1n) is 9.50. The van der Waals surface area contributed by atoms with Gasteiger partial charge >= 0.3 is 0 Å². The monoisotopic (exact) mass is 336 g/mol. The molecule has 130 valence electrons. The molecule has 4 heteroatoms. The summed E-state index contributed by atoms with van der Waals surface area (Å²) in [4.78, 5) is 13.0. The van der Waals surface area contributed by atoms with Gasteiger partial charge in [0.15, 0.2) is 0 Å². The standard InChI is InChI=1S/C21H24N2O2/c24-20(18-7-5-13-23(18)15-9-10-15)22-17-14-21(11-3-4-12-21)25-19-8-2-1-6-16(17)19/h1-2,5-8,13,15,17H,3-4,9-12,14H2,(H,22,24). The second kappa shape index (κ2) is 5.65. The van der Waals surface area contributed by atoms with Gasteiger partial charge in [0.05, 0.1) is 6.04 Å². The fraction of sp³-hybridized carbons (Fsp3) is 0.476. The molecule has 1 aliphatic heterocycles. The molecule has 1 atom stereocenters. The zero-order valence-electron chi connectivity index (χ0n) is 14.4. The second-order valence-corrected chi connectivity index (χ2v) is 7.79. The largest absolute Gasteiger partial charge is 0.487 e. The van der Waals surface area contributed by atoms with Crippen LogP contribution in [0.3, 0.4) is 0 Å². The molecule has 2 aromatic rings. The minimum Gasteiger partial charge on any atom is -0.487 e. The highest BCUT2D eigenvalue weighted by Crippen LogP contribution is 2.47. The van der Waals surface area contributed by atoms with Gasteiger partial charge in [0.1, 0.15) is 17.0 Å². The average Bonchev–Trinajstić information content (AvgIpc) is 3.17. The first-order valence-corrected chi connectivity index (χ1v) is 9.50. The molecule has 0 saturated heterocycles. The van der Waals surface area contributed by atoms with Gasteiger partial charge in [-0.05, 0) is 56.7 Å². The number of para-hydroxylation sites is 1. The molecule has 1 aromatic heterocycles. The Morgan fingerprint density at radius 3 is 2.72 bits per heavy atom. The van der Waals surface area contributed by atoms with Crippen LogP contribution in [0.1, 0.15) is 73.1 Å². The number of aromatic nitrogens is 1. The van der Waals surface area contributed by atoms with Crippen LogP contribution in [0.15, 0.2) is 42.6 Å². The SMILES string of the molecule is O=C(NC1CC2(CCCC2)Oc2ccccc21)c1cccn1C1CC1. The van der Waals surface area contributed by atoms with Crippen molar-refractivity contribution in [3.63, 3.8) is 0 Å². The number of carbonyl (C=O) groups excluding carboxylic acids is 1. The third-order valence-corrected chi connectivity index (χ3v) is 5.97. The molecule has 0 radical (unpaired) electrons. The van der Waals surface area contributed by atoms with Crippen LogP contribution in [0.4, 0.5) is 0 Å². The average molecular weight is 336 g/mol. The van der Waals surface area contributed by atoms with E-state index in [4.69, 9.17) is 4.74 Å². The van der Waals surface area contributed by atoms with Crippen molar-refractivity contribution in [2.24, 2.45) is 0 Å². The molecule has 0 bridgehead atoms. The Morgan fingerprint density at radius 1 is 1.12 bits per heavy atom. The molecule has 3 aliphatic rings. The fourth-order valence-electron chi connectivity index (χ4n) is 4.56. The molecule has 1 amide bonds. The van der Waals surface area contributed by atoms with Gasteiger partial charge in [0.25, 0.3) is 5.91 Å². The normalized spacial score (nSPS) is 23.9. The Bertz CT molecular complexity index is 800. The number of fused-ring (bicyclic) bond motifs is 1. The molecular formula is C21H24N2O2. The van der Waals surface area contributed by atoms with Crippen molar-refractivity contribution in [2.75, 3.05) is 0 Å². The lowest BCUT2D eigenvalue weighted by Gasteiger charge is -2.40. The van der Waals surface area contributed by atoms with Gasteiger partial charge in [-0.1, -0.05) is 18.2 Å². The highest BCUT2D eigenvalue weighted by atomic mass is 16.5. The summed E-state index contributed by atoms with van der Waals surface area (Å²) in [5.41, 5.74) is 1.80. The number of benzene rings is 1. The van der Waals surface area contributed by atoms with Crippen LogP contribution in [0.5, 0.6) is 5.75 Å². The van der Waals surface area contributed by atoms with Crippen molar-refractivity contribution in [3.8, 4) is 5.75 Å². The van der Waals surface area contributed by atoms with E-state index >= 15 is 0 Å². The zero-order chi connectivity index (χ0) is 16.9. The van der Waals surface area contributed by atoms with E-state index in [0.717, 1.165) is 36.3 Å². The van der Waals surface area contributed by atoms with E-state index in [1.807, 2.05) is 36.5 Å². The molecule has 2 saturated carbocycles. The van der Waals surface area contributed by atoms with E-state index in [-0.39, 0.29) is 17.6 Å². The predicted octanol–water partition coefficient (Wildman–Crippen LogP) is 4.39. The maximum atomic E-state index is 13.0. The van der Waals surface area contributed by atoms with Gasteiger partial charge in [0.2, 0.25) is 0 Å². The van der Waals surface area contributed by atoms with Crippen molar-refractivity contribution in [2.45, 2.75) is 62.6 Å². The number of rotatable bonds is 3. The fourth-order valence-corrected chi connectivity index (χ4v) is 4.56. The highest BCUT2D eigenvalue weighted by Gasteiger charge is 2.43. The smallest absolute Gasteiger partial charge is 0.268 e. The first-order chi connectivity index (χ1) is 12.2. The van der Waals surface area contributed by atoms with Crippen LogP contribution < -0.4 is 10.1 Å². The third-order valence-electron chi connectivity index (χ3n) is 5.97. The van der Waals surface area contributed by atoms with Crippen LogP contribution >= 0.6 is 0 Å². The molecule has 5 rings (SSSR count). The van der Waals surface area contributed by atoms with Crippen LogP contribution in [-0.4, -0.2) is 16.1 Å². The summed E-state index contributed by atoms with van der Waals surface area (Å²) in [6.07, 6.45) is 9.87. The lowest BCUT2D eigenvalue weighted by molar-refractivity contribution is 0.0359. The maximum Gasteiger partial charge on any atom is 0.268 e. The van der Waals surface area contributed by atoms with Crippen molar-refractivity contribution in [1.29, 1.82) is 0 Å². The van der Waals surface area contributed by atoms with E-state index in [1.165, 1.54) is 25.7 Å². The minimum absolute atomic E-state index is 0.0260. The van der Waals surface area contributed by atoms with Crippen molar-refractivity contribution >= 4 is 5.91 Å². The van der Waals surface area contributed by atoms with E-state index in [1.54, 1.807) is 0 Å². The summed E-state index contributed by atoms with van der Waals surface area (Å²) in [5, 5.41) is 3.31. The topological polar surface area (TPSA) is 43.3 Å². The van der Waals surface area contributed by atoms with Gasteiger partial charge in [0, 0.05) is 24.2 Å². The summed E-state index contributed by atoms with van der Waals surface area (Å²) < 4.78 is 8.53. The number of nitrogens with zero attached hydrogens (tertiary/aromatic N) is 1. The van der Waals surface area contributed by atoms with E-state index in [9.17, 15) is 4.79 Å². The van der Waals surface area contributed by atoms with Crippen LogP contribution in [0.2, 0.25) is 0 Å². The minimum atomic E-state index is -0.0925. The molecule has 2 heterocycles. The molecular weight excluding hydrogens is 312 g/mol. The molecule has 2 fully saturated rings. The summed E-state index contributed by atoms with van der Waals surface area (Å²) in [6, 6.07) is 12.6. The van der Waals surface area contributed by atoms with E-state index < -0.39 is 0 Å². The number of carbonyl (C=O) groups is 1. The Labute approximate surface area is 148 Å². The Hall–Kier alpha value is -2.23. The Balaban J connectivity index is 1.44. The van der Waals surface area contributed by atoms with Crippen LogP contribution in [-0.2, 0) is 0 Å². The van der Waals surface area contributed by atoms with E-state index in [0.29, 0.717) is 6.04 Å². The number of hydrogen-bond acceptors (Lipinski definition) is 2. The lowest BCUT2D eigenvalue weighted by atomic mass is 9.86.